The van der Waals surface area contributed by atoms with Crippen LogP contribution in [0.5, 0.6) is 5.75 Å². The van der Waals surface area contributed by atoms with E-state index >= 15 is 0 Å². The Labute approximate surface area is 165 Å². The van der Waals surface area contributed by atoms with Crippen molar-refractivity contribution in [1.29, 1.82) is 5.26 Å². The summed E-state index contributed by atoms with van der Waals surface area (Å²) in [5, 5.41) is 8.82. The summed E-state index contributed by atoms with van der Waals surface area (Å²) in [4.78, 5) is 35.6. The fourth-order valence-electron chi connectivity index (χ4n) is 2.30. The molecule has 1 aromatic carbocycles. The van der Waals surface area contributed by atoms with Gasteiger partial charge in [-0.2, -0.15) is 5.26 Å². The van der Waals surface area contributed by atoms with Gasteiger partial charge < -0.3 is 15.2 Å². The van der Waals surface area contributed by atoms with Gasteiger partial charge in [0.2, 0.25) is 5.78 Å². The van der Waals surface area contributed by atoms with Crippen molar-refractivity contribution in [3.63, 3.8) is 0 Å². The molecule has 7 nitrogen and oxygen atoms in total. The highest BCUT2D eigenvalue weighted by atomic mass is 16.5. The zero-order valence-corrected chi connectivity index (χ0v) is 16.3. The number of ketones is 2. The van der Waals surface area contributed by atoms with Crippen molar-refractivity contribution in [2.45, 2.75) is 46.0 Å². The number of carbonyl (C=O) groups excluding carboxylic acids is 3. The quantitative estimate of drug-likeness (QED) is 0.193. The third kappa shape index (κ3) is 8.04. The van der Waals surface area contributed by atoms with Crippen molar-refractivity contribution in [2.75, 3.05) is 13.2 Å². The largest absolute Gasteiger partial charge is 0.494 e. The Bertz CT molecular complexity index is 756. The molecular formula is C21H26N2O5. The fraction of sp³-hybridized carbons (Fsp3) is 0.429. The number of esters is 1. The number of unbranched alkanes of at least 4 members (excludes halogenated alkanes) is 2. The lowest BCUT2D eigenvalue weighted by atomic mass is 10.1. The van der Waals surface area contributed by atoms with Gasteiger partial charge in [-0.05, 0) is 37.6 Å². The summed E-state index contributed by atoms with van der Waals surface area (Å²) >= 11 is 0. The Morgan fingerprint density at radius 3 is 2.36 bits per heavy atom. The summed E-state index contributed by atoms with van der Waals surface area (Å²) in [6, 6.07) is 8.42. The SMILES string of the molecule is CCCCCOc1ccc(C(=O)CCC(=O)OCC(=O)/C(C#N)=C(\C)N)cc1. The second kappa shape index (κ2) is 12.3. The highest BCUT2D eigenvalue weighted by Gasteiger charge is 2.15. The van der Waals surface area contributed by atoms with Crippen LogP contribution in [0, 0.1) is 11.3 Å². The van der Waals surface area contributed by atoms with Crippen LogP contribution >= 0.6 is 0 Å². The van der Waals surface area contributed by atoms with Crippen molar-refractivity contribution in [3.8, 4) is 11.8 Å². The van der Waals surface area contributed by atoms with Gasteiger partial charge >= 0.3 is 5.97 Å². The van der Waals surface area contributed by atoms with E-state index in [-0.39, 0.29) is 29.9 Å². The average Bonchev–Trinajstić information content (AvgIpc) is 2.68. The standard InChI is InChI=1S/C21H26N2O5/c1-3-4-5-12-27-17-8-6-16(7-9-17)19(24)10-11-21(26)28-14-20(25)18(13-22)15(2)23/h6-9H,3-5,10-12,14,23H2,1-2H3/b18-15+. The maximum absolute atomic E-state index is 12.2. The molecule has 0 bridgehead atoms. The number of allylic oxidation sites excluding steroid dienone is 1. The molecule has 1 rings (SSSR count). The lowest BCUT2D eigenvalue weighted by molar-refractivity contribution is -0.147. The molecule has 0 aliphatic carbocycles. The van der Waals surface area contributed by atoms with Crippen LogP contribution in [-0.4, -0.2) is 30.7 Å². The van der Waals surface area contributed by atoms with Gasteiger partial charge in [-0.15, -0.1) is 0 Å². The van der Waals surface area contributed by atoms with Crippen molar-refractivity contribution < 1.29 is 23.9 Å². The van der Waals surface area contributed by atoms with E-state index in [2.05, 4.69) is 6.92 Å². The first-order valence-electron chi connectivity index (χ1n) is 9.20. The van der Waals surface area contributed by atoms with Gasteiger partial charge in [0.1, 0.15) is 17.4 Å². The molecule has 0 amide bonds. The van der Waals surface area contributed by atoms with Gasteiger partial charge in [-0.1, -0.05) is 19.8 Å². The van der Waals surface area contributed by atoms with Crippen LogP contribution in [0.1, 0.15) is 56.3 Å². The number of benzene rings is 1. The van der Waals surface area contributed by atoms with Gasteiger partial charge in [-0.25, -0.2) is 0 Å². The third-order valence-electron chi connectivity index (χ3n) is 3.90. The predicted octanol–water partition coefficient (Wildman–Crippen LogP) is 3.09. The molecule has 150 valence electrons. The molecule has 1 aromatic rings. The van der Waals surface area contributed by atoms with Crippen LogP contribution in [0.3, 0.4) is 0 Å². The highest BCUT2D eigenvalue weighted by Crippen LogP contribution is 2.15. The number of carbonyl (C=O) groups is 3. The number of rotatable bonds is 12. The maximum atomic E-state index is 12.2. The molecule has 0 saturated carbocycles. The van der Waals surface area contributed by atoms with E-state index in [0.29, 0.717) is 17.9 Å². The molecule has 0 radical (unpaired) electrons. The van der Waals surface area contributed by atoms with Gasteiger partial charge in [0.15, 0.2) is 12.4 Å². The molecule has 0 saturated heterocycles. The minimum Gasteiger partial charge on any atom is -0.494 e. The molecule has 0 aliphatic rings. The van der Waals surface area contributed by atoms with E-state index < -0.39 is 18.4 Å². The molecule has 0 aliphatic heterocycles. The topological polar surface area (TPSA) is 119 Å². The molecule has 0 unspecified atom stereocenters. The first kappa shape index (κ1) is 22.9. The van der Waals surface area contributed by atoms with Crippen LogP contribution in [0.25, 0.3) is 0 Å². The van der Waals surface area contributed by atoms with Crippen molar-refractivity contribution in [3.05, 3.63) is 41.1 Å². The lowest BCUT2D eigenvalue weighted by Crippen LogP contribution is -2.18. The number of hydrogen-bond donors (Lipinski definition) is 1. The first-order chi connectivity index (χ1) is 13.4. The Morgan fingerprint density at radius 2 is 1.79 bits per heavy atom. The smallest absolute Gasteiger partial charge is 0.306 e. The van der Waals surface area contributed by atoms with Gasteiger partial charge in [0.25, 0.3) is 0 Å². The zero-order valence-electron chi connectivity index (χ0n) is 16.3. The molecule has 28 heavy (non-hydrogen) atoms. The maximum Gasteiger partial charge on any atom is 0.306 e. The van der Waals surface area contributed by atoms with Crippen molar-refractivity contribution in [2.24, 2.45) is 5.73 Å². The van der Waals surface area contributed by atoms with Crippen LogP contribution in [0.2, 0.25) is 0 Å². The Morgan fingerprint density at radius 1 is 1.11 bits per heavy atom. The lowest BCUT2D eigenvalue weighted by Gasteiger charge is -2.07. The first-order valence-corrected chi connectivity index (χ1v) is 9.20. The van der Waals surface area contributed by atoms with E-state index in [9.17, 15) is 14.4 Å². The summed E-state index contributed by atoms with van der Waals surface area (Å²) in [6.07, 6.45) is 3.02. The molecule has 0 spiro atoms. The van der Waals surface area contributed by atoms with Gasteiger partial charge in [-0.3, -0.25) is 14.4 Å². The van der Waals surface area contributed by atoms with Crippen LogP contribution in [-0.2, 0) is 14.3 Å². The highest BCUT2D eigenvalue weighted by molar-refractivity contribution is 6.01. The van der Waals surface area contributed by atoms with Crippen LogP contribution < -0.4 is 10.5 Å². The monoisotopic (exact) mass is 386 g/mol. The predicted molar refractivity (Wildman–Crippen MR) is 103 cm³/mol. The van der Waals surface area contributed by atoms with E-state index in [4.69, 9.17) is 20.5 Å². The number of nitrogens with two attached hydrogens (primary N) is 1. The molecule has 7 heteroatoms. The van der Waals surface area contributed by atoms with Crippen molar-refractivity contribution >= 4 is 17.5 Å². The number of hydrogen-bond acceptors (Lipinski definition) is 7. The Kier molecular flexibility index (Phi) is 10.0. The summed E-state index contributed by atoms with van der Waals surface area (Å²) in [7, 11) is 0. The number of nitriles is 1. The van der Waals surface area contributed by atoms with Crippen LogP contribution in [0.4, 0.5) is 0 Å². The van der Waals surface area contributed by atoms with Gasteiger partial charge in [0.05, 0.1) is 13.0 Å². The number of Topliss-reactive ketones (excluding diaryl/α,β-unsaturated/α-hetero) is 2. The van der Waals surface area contributed by atoms with E-state index in [1.807, 2.05) is 0 Å². The van der Waals surface area contributed by atoms with Crippen LogP contribution in [0.15, 0.2) is 35.5 Å². The average molecular weight is 386 g/mol. The van der Waals surface area contributed by atoms with E-state index in [1.165, 1.54) is 6.92 Å². The molecule has 0 atom stereocenters. The number of ether oxygens (including phenoxy) is 2. The zero-order chi connectivity index (χ0) is 20.9. The second-order valence-corrected chi connectivity index (χ2v) is 6.26. The summed E-state index contributed by atoms with van der Waals surface area (Å²) < 4.78 is 10.4. The molecule has 2 N–H and O–H groups in total. The fourth-order valence-corrected chi connectivity index (χ4v) is 2.30. The van der Waals surface area contributed by atoms with E-state index in [1.54, 1.807) is 30.3 Å². The second-order valence-electron chi connectivity index (χ2n) is 6.26. The molecule has 0 aromatic heterocycles. The van der Waals surface area contributed by atoms with E-state index in [0.717, 1.165) is 19.3 Å². The summed E-state index contributed by atoms with van der Waals surface area (Å²) in [5.74, 6) is -0.875. The Hall–Kier alpha value is -3.14. The minimum atomic E-state index is -0.690. The summed E-state index contributed by atoms with van der Waals surface area (Å²) in [5.41, 5.74) is 5.71. The minimum absolute atomic E-state index is 0.0411. The summed E-state index contributed by atoms with van der Waals surface area (Å²) in [6.45, 7) is 3.60. The van der Waals surface area contributed by atoms with Crippen molar-refractivity contribution in [1.82, 2.24) is 0 Å². The third-order valence-corrected chi connectivity index (χ3v) is 3.90. The molecular weight excluding hydrogens is 360 g/mol. The molecule has 0 fully saturated rings. The molecule has 0 heterocycles. The Balaban J connectivity index is 2.41. The normalized spacial score (nSPS) is 11.2. The van der Waals surface area contributed by atoms with Gasteiger partial charge in [0, 0.05) is 17.7 Å². The number of nitrogens with zero attached hydrogens (tertiary/aromatic N) is 1.